The molecule has 1 amide bonds. The number of esters is 1. The van der Waals surface area contributed by atoms with Gasteiger partial charge in [-0.15, -0.1) is 11.3 Å². The lowest BCUT2D eigenvalue weighted by Gasteiger charge is -2.14. The van der Waals surface area contributed by atoms with E-state index in [9.17, 15) is 14.4 Å². The van der Waals surface area contributed by atoms with E-state index in [0.29, 0.717) is 22.0 Å². The zero-order valence-electron chi connectivity index (χ0n) is 17.4. The Balaban J connectivity index is 2.09. The Hall–Kier alpha value is -2.71. The number of benzene rings is 1. The third-order valence-electron chi connectivity index (χ3n) is 4.33. The maximum Gasteiger partial charge on any atom is 0.341 e. The van der Waals surface area contributed by atoms with E-state index < -0.39 is 5.97 Å². The van der Waals surface area contributed by atoms with Gasteiger partial charge < -0.3 is 19.7 Å². The van der Waals surface area contributed by atoms with E-state index in [1.165, 1.54) is 6.92 Å². The monoisotopic (exact) mass is 419 g/mol. The van der Waals surface area contributed by atoms with E-state index in [-0.39, 0.29) is 30.4 Å². The predicted molar refractivity (Wildman–Crippen MR) is 112 cm³/mol. The molecule has 0 aliphatic rings. The minimum Gasteiger partial charge on any atom is -0.497 e. The first-order valence-electron chi connectivity index (χ1n) is 9.32. The number of carbonyl (C=O) groups excluding carboxylic acids is 3. The van der Waals surface area contributed by atoms with E-state index in [1.54, 1.807) is 21.0 Å². The van der Waals surface area contributed by atoms with Gasteiger partial charge in [0.25, 0.3) is 5.91 Å². The van der Waals surface area contributed by atoms with Crippen LogP contribution in [0, 0.1) is 6.92 Å². The molecular weight excluding hydrogens is 392 g/mol. The van der Waals surface area contributed by atoms with E-state index in [1.807, 2.05) is 31.3 Å². The smallest absolute Gasteiger partial charge is 0.341 e. The third kappa shape index (κ3) is 5.88. The van der Waals surface area contributed by atoms with E-state index in [0.717, 1.165) is 27.5 Å². The van der Waals surface area contributed by atoms with Crippen LogP contribution in [0.25, 0.3) is 0 Å². The Morgan fingerprint density at radius 3 is 2.38 bits per heavy atom. The molecule has 1 aromatic heterocycles. The fourth-order valence-corrected chi connectivity index (χ4v) is 4.09. The van der Waals surface area contributed by atoms with Gasteiger partial charge in [-0.05, 0) is 50.6 Å². The van der Waals surface area contributed by atoms with Gasteiger partial charge in [0.2, 0.25) is 0 Å². The van der Waals surface area contributed by atoms with Crippen molar-refractivity contribution in [3.63, 3.8) is 0 Å². The SMILES string of the molecule is CCOC(=O)c1c(NC(=O)C[NH+](C)Cc2ccc(OC)cc2)sc(C(C)=O)c1C. The highest BCUT2D eigenvalue weighted by molar-refractivity contribution is 7.18. The molecular formula is C21H27N2O5S+. The summed E-state index contributed by atoms with van der Waals surface area (Å²) in [6, 6.07) is 7.68. The largest absolute Gasteiger partial charge is 0.497 e. The summed E-state index contributed by atoms with van der Waals surface area (Å²) in [5.41, 5.74) is 1.87. The maximum absolute atomic E-state index is 12.6. The first kappa shape index (κ1) is 22.6. The number of ether oxygens (including phenoxy) is 2. The lowest BCUT2D eigenvalue weighted by Crippen LogP contribution is -3.08. The molecule has 1 aromatic carbocycles. The Bertz CT molecular complexity index is 889. The van der Waals surface area contributed by atoms with E-state index in [4.69, 9.17) is 9.47 Å². The van der Waals surface area contributed by atoms with Crippen LogP contribution in [0.3, 0.4) is 0 Å². The minimum atomic E-state index is -0.539. The van der Waals surface area contributed by atoms with Crippen molar-refractivity contribution in [2.45, 2.75) is 27.3 Å². The molecule has 0 aliphatic carbocycles. The highest BCUT2D eigenvalue weighted by atomic mass is 32.1. The summed E-state index contributed by atoms with van der Waals surface area (Å²) < 4.78 is 10.2. The summed E-state index contributed by atoms with van der Waals surface area (Å²) in [6.07, 6.45) is 0. The average Bonchev–Trinajstić information content (AvgIpc) is 2.98. The van der Waals surface area contributed by atoms with Crippen LogP contribution in [0.1, 0.15) is 45.0 Å². The van der Waals surface area contributed by atoms with Gasteiger partial charge in [-0.25, -0.2) is 4.79 Å². The number of methoxy groups -OCH3 is 1. The first-order valence-corrected chi connectivity index (χ1v) is 10.1. The number of rotatable bonds is 9. The van der Waals surface area contributed by atoms with Crippen LogP contribution in [0.15, 0.2) is 24.3 Å². The van der Waals surface area contributed by atoms with Gasteiger partial charge in [-0.2, -0.15) is 0 Å². The van der Waals surface area contributed by atoms with Crippen molar-refractivity contribution in [1.29, 1.82) is 0 Å². The standard InChI is InChI=1S/C21H26N2O5S/c1-6-28-21(26)18-13(2)19(14(3)24)29-20(18)22-17(25)12-23(4)11-15-7-9-16(27-5)10-8-15/h7-10H,6,11-12H2,1-5H3,(H,22,25)/p+1. The Kier molecular flexibility index (Phi) is 7.92. The molecule has 2 aromatic rings. The molecule has 1 unspecified atom stereocenters. The van der Waals surface area contributed by atoms with Crippen LogP contribution < -0.4 is 15.0 Å². The highest BCUT2D eigenvalue weighted by Gasteiger charge is 2.25. The van der Waals surface area contributed by atoms with Crippen LogP contribution in [0.4, 0.5) is 5.00 Å². The van der Waals surface area contributed by atoms with Crippen LogP contribution in [0.5, 0.6) is 5.75 Å². The number of likely N-dealkylation sites (N-methyl/N-ethyl adjacent to an activating group) is 1. The van der Waals surface area contributed by atoms with Gasteiger partial charge in [0, 0.05) is 5.56 Å². The summed E-state index contributed by atoms with van der Waals surface area (Å²) >= 11 is 1.11. The second kappa shape index (κ2) is 10.2. The number of thiophene rings is 1. The molecule has 0 saturated carbocycles. The maximum atomic E-state index is 12.6. The molecule has 29 heavy (non-hydrogen) atoms. The average molecular weight is 420 g/mol. The second-order valence-corrected chi connectivity index (χ2v) is 7.76. The molecule has 0 saturated heterocycles. The van der Waals surface area contributed by atoms with Crippen LogP contribution in [-0.2, 0) is 16.1 Å². The molecule has 7 nitrogen and oxygen atoms in total. The van der Waals surface area contributed by atoms with Crippen molar-refractivity contribution >= 4 is 34.0 Å². The number of hydrogen-bond donors (Lipinski definition) is 2. The lowest BCUT2D eigenvalue weighted by atomic mass is 10.1. The number of nitrogens with one attached hydrogen (secondary N) is 2. The number of quaternary nitrogens is 1. The number of Topliss-reactive ketones (excluding diaryl/α,β-unsaturated/α-hetero) is 1. The Morgan fingerprint density at radius 1 is 1.17 bits per heavy atom. The molecule has 156 valence electrons. The normalized spacial score (nSPS) is 11.6. The van der Waals surface area contributed by atoms with Crippen molar-refractivity contribution in [3.05, 3.63) is 45.8 Å². The van der Waals surface area contributed by atoms with Crippen LogP contribution in [0.2, 0.25) is 0 Å². The summed E-state index contributed by atoms with van der Waals surface area (Å²) in [6.45, 7) is 5.92. The van der Waals surface area contributed by atoms with Crippen molar-refractivity contribution in [3.8, 4) is 5.75 Å². The summed E-state index contributed by atoms with van der Waals surface area (Å²) in [5.74, 6) is -0.147. The molecule has 2 N–H and O–H groups in total. The zero-order chi connectivity index (χ0) is 21.6. The summed E-state index contributed by atoms with van der Waals surface area (Å²) in [7, 11) is 3.53. The zero-order valence-corrected chi connectivity index (χ0v) is 18.2. The number of ketones is 1. The van der Waals surface area contributed by atoms with Gasteiger partial charge in [-0.1, -0.05) is 0 Å². The van der Waals surface area contributed by atoms with Gasteiger partial charge in [0.1, 0.15) is 17.3 Å². The Morgan fingerprint density at radius 2 is 1.83 bits per heavy atom. The molecule has 0 aliphatic heterocycles. The van der Waals surface area contributed by atoms with Crippen molar-refractivity contribution < 1.29 is 28.8 Å². The molecule has 0 spiro atoms. The van der Waals surface area contributed by atoms with Crippen molar-refractivity contribution in [1.82, 2.24) is 0 Å². The molecule has 1 heterocycles. The fourth-order valence-electron chi connectivity index (χ4n) is 2.99. The lowest BCUT2D eigenvalue weighted by molar-refractivity contribution is -0.885. The van der Waals surface area contributed by atoms with Gasteiger partial charge in [-0.3, -0.25) is 9.59 Å². The van der Waals surface area contributed by atoms with E-state index in [2.05, 4.69) is 5.32 Å². The number of amides is 1. The molecule has 1 atom stereocenters. The second-order valence-electron chi connectivity index (χ2n) is 6.74. The van der Waals surface area contributed by atoms with Gasteiger partial charge >= 0.3 is 5.97 Å². The highest BCUT2D eigenvalue weighted by Crippen LogP contribution is 2.34. The topological polar surface area (TPSA) is 86.1 Å². The van der Waals surface area contributed by atoms with Gasteiger partial charge in [0.15, 0.2) is 12.3 Å². The van der Waals surface area contributed by atoms with Crippen molar-refractivity contribution in [2.75, 3.05) is 32.6 Å². The number of carbonyl (C=O) groups is 3. The molecule has 0 radical (unpaired) electrons. The third-order valence-corrected chi connectivity index (χ3v) is 5.63. The van der Waals surface area contributed by atoms with Gasteiger partial charge in [0.05, 0.1) is 31.2 Å². The number of anilines is 1. The molecule has 8 heteroatoms. The van der Waals surface area contributed by atoms with Crippen molar-refractivity contribution in [2.24, 2.45) is 0 Å². The summed E-state index contributed by atoms with van der Waals surface area (Å²) in [5, 5.41) is 3.14. The fraction of sp³-hybridized carbons (Fsp3) is 0.381. The molecule has 0 bridgehead atoms. The first-order chi connectivity index (χ1) is 13.8. The molecule has 0 fully saturated rings. The Labute approximate surface area is 174 Å². The van der Waals surface area contributed by atoms with Crippen LogP contribution >= 0.6 is 11.3 Å². The van der Waals surface area contributed by atoms with E-state index >= 15 is 0 Å². The predicted octanol–water partition coefficient (Wildman–Crippen LogP) is 2.10. The van der Waals surface area contributed by atoms with Crippen LogP contribution in [-0.4, -0.2) is 45.0 Å². The summed E-state index contributed by atoms with van der Waals surface area (Å²) in [4.78, 5) is 38.2. The quantitative estimate of drug-likeness (QED) is 0.480. The number of hydrogen-bond acceptors (Lipinski definition) is 6. The molecule has 2 rings (SSSR count). The minimum absolute atomic E-state index is 0.152.